The number of nitrogens with zero attached hydrogens (tertiary/aromatic N) is 3. The quantitative estimate of drug-likeness (QED) is 0.798. The number of likely N-dealkylation sites (N-methyl/N-ethyl adjacent to an activating group) is 1. The molecule has 1 N–H and O–H groups in total. The van der Waals surface area contributed by atoms with Crippen LogP contribution in [0.25, 0.3) is 0 Å². The van der Waals surface area contributed by atoms with E-state index >= 15 is 0 Å². The lowest BCUT2D eigenvalue weighted by molar-refractivity contribution is -0.129. The van der Waals surface area contributed by atoms with Gasteiger partial charge in [0.1, 0.15) is 0 Å². The fourth-order valence-corrected chi connectivity index (χ4v) is 1.82. The summed E-state index contributed by atoms with van der Waals surface area (Å²) >= 11 is 0. The van der Waals surface area contributed by atoms with Gasteiger partial charge in [-0.3, -0.25) is 9.48 Å². The number of aromatic nitrogens is 2. The first kappa shape index (κ1) is 14.7. The Bertz CT molecular complexity index is 371. The minimum absolute atomic E-state index is 0.143. The predicted octanol–water partition coefficient (Wildman–Crippen LogP) is 1.42. The Morgan fingerprint density at radius 2 is 2.11 bits per heavy atom. The molecule has 1 aromatic rings. The molecule has 1 atom stereocenters. The molecule has 0 saturated carbocycles. The molecule has 0 aliphatic heterocycles. The first-order valence-corrected chi connectivity index (χ1v) is 6.65. The SMILES string of the molecule is CCN(CC)C(=O)CNC(C)c1cnn(CC)c1. The first-order valence-electron chi connectivity index (χ1n) is 6.65. The van der Waals surface area contributed by atoms with Crippen molar-refractivity contribution in [3.8, 4) is 0 Å². The van der Waals surface area contributed by atoms with Crippen molar-refractivity contribution in [3.05, 3.63) is 18.0 Å². The van der Waals surface area contributed by atoms with Gasteiger partial charge >= 0.3 is 0 Å². The Morgan fingerprint density at radius 1 is 1.44 bits per heavy atom. The lowest BCUT2D eigenvalue weighted by Gasteiger charge is -2.20. The van der Waals surface area contributed by atoms with E-state index in [1.54, 1.807) is 0 Å². The number of carbonyl (C=O) groups is 1. The summed E-state index contributed by atoms with van der Waals surface area (Å²) in [6, 6.07) is 0.143. The molecular formula is C13H24N4O. The van der Waals surface area contributed by atoms with Gasteiger partial charge in [-0.1, -0.05) is 0 Å². The molecule has 5 nitrogen and oxygen atoms in total. The summed E-state index contributed by atoms with van der Waals surface area (Å²) in [4.78, 5) is 13.7. The molecule has 0 aromatic carbocycles. The van der Waals surface area contributed by atoms with Crippen LogP contribution in [0, 0.1) is 0 Å². The summed E-state index contributed by atoms with van der Waals surface area (Å²) in [7, 11) is 0. The molecule has 0 fully saturated rings. The Morgan fingerprint density at radius 3 is 2.61 bits per heavy atom. The Labute approximate surface area is 109 Å². The smallest absolute Gasteiger partial charge is 0.236 e. The van der Waals surface area contributed by atoms with E-state index in [1.807, 2.05) is 42.7 Å². The van der Waals surface area contributed by atoms with Crippen molar-refractivity contribution < 1.29 is 4.79 Å². The van der Waals surface area contributed by atoms with Gasteiger partial charge in [0.2, 0.25) is 5.91 Å². The van der Waals surface area contributed by atoms with Gasteiger partial charge in [-0.25, -0.2) is 0 Å². The van der Waals surface area contributed by atoms with Crippen LogP contribution in [0.3, 0.4) is 0 Å². The van der Waals surface area contributed by atoms with E-state index in [4.69, 9.17) is 0 Å². The summed E-state index contributed by atoms with van der Waals surface area (Å²) in [5, 5.41) is 7.47. The highest BCUT2D eigenvalue weighted by molar-refractivity contribution is 5.78. The largest absolute Gasteiger partial charge is 0.342 e. The number of nitrogens with one attached hydrogen (secondary N) is 1. The number of hydrogen-bond acceptors (Lipinski definition) is 3. The van der Waals surface area contributed by atoms with Gasteiger partial charge in [0.25, 0.3) is 0 Å². The lowest BCUT2D eigenvalue weighted by atomic mass is 10.2. The Hall–Kier alpha value is -1.36. The van der Waals surface area contributed by atoms with Gasteiger partial charge in [-0.2, -0.15) is 5.10 Å². The van der Waals surface area contributed by atoms with Crippen LogP contribution in [0.15, 0.2) is 12.4 Å². The fraction of sp³-hybridized carbons (Fsp3) is 0.692. The van der Waals surface area contributed by atoms with Crippen molar-refractivity contribution in [2.75, 3.05) is 19.6 Å². The average Bonchev–Trinajstić information content (AvgIpc) is 2.86. The van der Waals surface area contributed by atoms with Crippen LogP contribution >= 0.6 is 0 Å². The van der Waals surface area contributed by atoms with Crippen molar-refractivity contribution in [1.82, 2.24) is 20.0 Å². The van der Waals surface area contributed by atoms with Gasteiger partial charge in [-0.15, -0.1) is 0 Å². The molecule has 18 heavy (non-hydrogen) atoms. The molecule has 0 aliphatic rings. The van der Waals surface area contributed by atoms with Gasteiger partial charge in [0, 0.05) is 37.4 Å². The molecule has 102 valence electrons. The molecule has 0 bridgehead atoms. The molecular weight excluding hydrogens is 228 g/mol. The second-order valence-corrected chi connectivity index (χ2v) is 4.30. The van der Waals surface area contributed by atoms with Gasteiger partial charge in [0.15, 0.2) is 0 Å². The van der Waals surface area contributed by atoms with Gasteiger partial charge in [-0.05, 0) is 27.7 Å². The molecule has 5 heteroatoms. The highest BCUT2D eigenvalue weighted by atomic mass is 16.2. The van der Waals surface area contributed by atoms with Gasteiger partial charge in [0.05, 0.1) is 12.7 Å². The number of aryl methyl sites for hydroxylation is 1. The third-order valence-electron chi connectivity index (χ3n) is 3.15. The predicted molar refractivity (Wildman–Crippen MR) is 72.2 cm³/mol. The zero-order valence-corrected chi connectivity index (χ0v) is 11.8. The number of amides is 1. The molecule has 1 aromatic heterocycles. The Kier molecular flexibility index (Phi) is 5.85. The number of rotatable bonds is 7. The third kappa shape index (κ3) is 3.84. The van der Waals surface area contributed by atoms with Crippen LogP contribution in [0.4, 0.5) is 0 Å². The molecule has 1 unspecified atom stereocenters. The van der Waals surface area contributed by atoms with E-state index in [0.717, 1.165) is 25.2 Å². The summed E-state index contributed by atoms with van der Waals surface area (Å²) in [6.07, 6.45) is 3.86. The monoisotopic (exact) mass is 252 g/mol. The molecule has 0 spiro atoms. The van der Waals surface area contributed by atoms with E-state index in [0.29, 0.717) is 6.54 Å². The summed E-state index contributed by atoms with van der Waals surface area (Å²) in [5.41, 5.74) is 1.11. The van der Waals surface area contributed by atoms with E-state index < -0.39 is 0 Å². The van der Waals surface area contributed by atoms with Crippen molar-refractivity contribution >= 4 is 5.91 Å². The molecule has 1 rings (SSSR count). The zero-order valence-electron chi connectivity index (χ0n) is 11.8. The highest BCUT2D eigenvalue weighted by Gasteiger charge is 2.12. The van der Waals surface area contributed by atoms with E-state index in [2.05, 4.69) is 17.3 Å². The van der Waals surface area contributed by atoms with Crippen molar-refractivity contribution in [2.45, 2.75) is 40.3 Å². The van der Waals surface area contributed by atoms with Gasteiger partial charge < -0.3 is 10.2 Å². The van der Waals surface area contributed by atoms with Crippen LogP contribution in [0.5, 0.6) is 0 Å². The topological polar surface area (TPSA) is 50.2 Å². The van der Waals surface area contributed by atoms with Crippen LogP contribution in [0.1, 0.15) is 39.3 Å². The maximum atomic E-state index is 11.8. The van der Waals surface area contributed by atoms with Crippen LogP contribution in [-0.2, 0) is 11.3 Å². The average molecular weight is 252 g/mol. The number of carbonyl (C=O) groups excluding carboxylic acids is 1. The van der Waals surface area contributed by atoms with Crippen molar-refractivity contribution in [2.24, 2.45) is 0 Å². The third-order valence-corrected chi connectivity index (χ3v) is 3.15. The van der Waals surface area contributed by atoms with Crippen LogP contribution in [-0.4, -0.2) is 40.2 Å². The first-order chi connectivity index (χ1) is 8.62. The lowest BCUT2D eigenvalue weighted by Crippen LogP contribution is -2.38. The second-order valence-electron chi connectivity index (χ2n) is 4.30. The van der Waals surface area contributed by atoms with E-state index in [9.17, 15) is 4.79 Å². The van der Waals surface area contributed by atoms with Crippen molar-refractivity contribution in [1.29, 1.82) is 0 Å². The fourth-order valence-electron chi connectivity index (χ4n) is 1.82. The summed E-state index contributed by atoms with van der Waals surface area (Å²) in [5.74, 6) is 0.148. The molecule has 0 saturated heterocycles. The van der Waals surface area contributed by atoms with E-state index in [1.165, 1.54) is 0 Å². The summed E-state index contributed by atoms with van der Waals surface area (Å²) < 4.78 is 1.89. The van der Waals surface area contributed by atoms with Crippen molar-refractivity contribution in [3.63, 3.8) is 0 Å². The normalized spacial score (nSPS) is 12.4. The number of hydrogen-bond donors (Lipinski definition) is 1. The maximum absolute atomic E-state index is 11.8. The van der Waals surface area contributed by atoms with Crippen LogP contribution < -0.4 is 5.32 Å². The maximum Gasteiger partial charge on any atom is 0.236 e. The molecule has 0 radical (unpaired) electrons. The van der Waals surface area contributed by atoms with E-state index in [-0.39, 0.29) is 11.9 Å². The Balaban J connectivity index is 2.45. The zero-order chi connectivity index (χ0) is 13.5. The molecule has 1 amide bonds. The molecule has 0 aliphatic carbocycles. The highest BCUT2D eigenvalue weighted by Crippen LogP contribution is 2.10. The summed E-state index contributed by atoms with van der Waals surface area (Å²) in [6.45, 7) is 10.9. The molecule has 1 heterocycles. The minimum atomic E-state index is 0.143. The minimum Gasteiger partial charge on any atom is -0.342 e. The standard InChI is InChI=1S/C13H24N4O/c1-5-16(6-2)13(18)9-14-11(4)12-8-15-17(7-3)10-12/h8,10-11,14H,5-7,9H2,1-4H3. The van der Waals surface area contributed by atoms with Crippen LogP contribution in [0.2, 0.25) is 0 Å². The second kappa shape index (κ2) is 7.16.